The van der Waals surface area contributed by atoms with Crippen molar-refractivity contribution in [1.29, 1.82) is 0 Å². The van der Waals surface area contributed by atoms with Crippen LogP contribution in [-0.4, -0.2) is 29.5 Å². The van der Waals surface area contributed by atoms with E-state index in [1.807, 2.05) is 12.4 Å². The van der Waals surface area contributed by atoms with Crippen LogP contribution in [0, 0.1) is 0 Å². The molecule has 2 N–H and O–H groups in total. The molecular weight excluding hydrogens is 186 g/mol. The van der Waals surface area contributed by atoms with Crippen molar-refractivity contribution >= 4 is 0 Å². The SMILES string of the molecule is CCC(N)CCN(C)Cc1ccncc1. The molecule has 0 aliphatic heterocycles. The van der Waals surface area contributed by atoms with Gasteiger partial charge in [-0.1, -0.05) is 6.92 Å². The fourth-order valence-corrected chi connectivity index (χ4v) is 1.47. The fourth-order valence-electron chi connectivity index (χ4n) is 1.47. The second kappa shape index (κ2) is 6.53. The summed E-state index contributed by atoms with van der Waals surface area (Å²) in [6, 6.07) is 4.44. The van der Waals surface area contributed by atoms with Crippen LogP contribution in [0.4, 0.5) is 0 Å². The van der Waals surface area contributed by atoms with Gasteiger partial charge in [-0.3, -0.25) is 4.98 Å². The lowest BCUT2D eigenvalue weighted by atomic mass is 10.1. The number of rotatable bonds is 6. The van der Waals surface area contributed by atoms with E-state index in [1.54, 1.807) is 0 Å². The number of hydrogen-bond acceptors (Lipinski definition) is 3. The van der Waals surface area contributed by atoms with Crippen molar-refractivity contribution < 1.29 is 0 Å². The standard InChI is InChI=1S/C12H21N3/c1-3-12(13)6-9-15(2)10-11-4-7-14-8-5-11/h4-5,7-8,12H,3,6,9-10,13H2,1-2H3. The van der Waals surface area contributed by atoms with Crippen LogP contribution in [0.15, 0.2) is 24.5 Å². The summed E-state index contributed by atoms with van der Waals surface area (Å²) < 4.78 is 0. The quantitative estimate of drug-likeness (QED) is 0.771. The Bertz CT molecular complexity index is 261. The Balaban J connectivity index is 2.27. The maximum absolute atomic E-state index is 5.88. The first-order chi connectivity index (χ1) is 7.22. The number of nitrogens with two attached hydrogens (primary N) is 1. The molecule has 15 heavy (non-hydrogen) atoms. The van der Waals surface area contributed by atoms with Crippen molar-refractivity contribution in [2.75, 3.05) is 13.6 Å². The van der Waals surface area contributed by atoms with Crippen LogP contribution in [0.5, 0.6) is 0 Å². The van der Waals surface area contributed by atoms with Crippen molar-refractivity contribution in [3.05, 3.63) is 30.1 Å². The van der Waals surface area contributed by atoms with Crippen LogP contribution in [0.2, 0.25) is 0 Å². The molecular formula is C12H21N3. The molecule has 3 nitrogen and oxygen atoms in total. The molecule has 0 saturated heterocycles. The summed E-state index contributed by atoms with van der Waals surface area (Å²) >= 11 is 0. The summed E-state index contributed by atoms with van der Waals surface area (Å²) in [5, 5.41) is 0. The highest BCUT2D eigenvalue weighted by molar-refractivity contribution is 5.09. The van der Waals surface area contributed by atoms with Crippen molar-refractivity contribution in [2.24, 2.45) is 5.73 Å². The zero-order valence-electron chi connectivity index (χ0n) is 9.69. The Labute approximate surface area is 92.3 Å². The van der Waals surface area contributed by atoms with Gasteiger partial charge in [0.1, 0.15) is 0 Å². The lowest BCUT2D eigenvalue weighted by Crippen LogP contribution is -2.27. The van der Waals surface area contributed by atoms with E-state index in [0.29, 0.717) is 6.04 Å². The first-order valence-corrected chi connectivity index (χ1v) is 5.55. The summed E-state index contributed by atoms with van der Waals surface area (Å²) in [5.74, 6) is 0. The Hall–Kier alpha value is -0.930. The van der Waals surface area contributed by atoms with Gasteiger partial charge in [0.05, 0.1) is 0 Å². The Morgan fingerprint density at radius 3 is 2.67 bits per heavy atom. The molecule has 0 aliphatic carbocycles. The summed E-state index contributed by atoms with van der Waals surface area (Å²) in [7, 11) is 2.13. The van der Waals surface area contributed by atoms with Gasteiger partial charge in [0.2, 0.25) is 0 Å². The molecule has 84 valence electrons. The third kappa shape index (κ3) is 4.91. The average molecular weight is 207 g/mol. The molecule has 0 bridgehead atoms. The van der Waals surface area contributed by atoms with Crippen LogP contribution in [0.3, 0.4) is 0 Å². The van der Waals surface area contributed by atoms with Crippen LogP contribution < -0.4 is 5.73 Å². The molecule has 0 spiro atoms. The Kier molecular flexibility index (Phi) is 5.29. The number of aromatic nitrogens is 1. The maximum Gasteiger partial charge on any atom is 0.0271 e. The number of hydrogen-bond donors (Lipinski definition) is 1. The summed E-state index contributed by atoms with van der Waals surface area (Å²) in [4.78, 5) is 6.30. The number of nitrogens with zero attached hydrogens (tertiary/aromatic N) is 2. The molecule has 1 heterocycles. The summed E-state index contributed by atoms with van der Waals surface area (Å²) in [6.45, 7) is 4.16. The second-order valence-electron chi connectivity index (χ2n) is 4.05. The molecule has 0 amide bonds. The van der Waals surface area contributed by atoms with Gasteiger partial charge in [-0.2, -0.15) is 0 Å². The van der Waals surface area contributed by atoms with Crippen LogP contribution in [0.1, 0.15) is 25.3 Å². The molecule has 1 aromatic heterocycles. The first kappa shape index (κ1) is 12.1. The molecule has 0 fully saturated rings. The van der Waals surface area contributed by atoms with E-state index in [-0.39, 0.29) is 0 Å². The molecule has 0 aromatic carbocycles. The van der Waals surface area contributed by atoms with Gasteiger partial charge in [0.15, 0.2) is 0 Å². The third-order valence-corrected chi connectivity index (χ3v) is 2.61. The van der Waals surface area contributed by atoms with E-state index in [0.717, 1.165) is 25.9 Å². The van der Waals surface area contributed by atoms with Crippen molar-refractivity contribution in [3.63, 3.8) is 0 Å². The normalized spacial score (nSPS) is 13.1. The van der Waals surface area contributed by atoms with E-state index in [2.05, 4.69) is 36.0 Å². The summed E-state index contributed by atoms with van der Waals surface area (Å²) in [5.41, 5.74) is 7.18. The minimum atomic E-state index is 0.338. The minimum Gasteiger partial charge on any atom is -0.328 e. The van der Waals surface area contributed by atoms with E-state index in [9.17, 15) is 0 Å². The van der Waals surface area contributed by atoms with E-state index < -0.39 is 0 Å². The molecule has 0 aliphatic rings. The largest absolute Gasteiger partial charge is 0.328 e. The average Bonchev–Trinajstić information content (AvgIpc) is 2.27. The monoisotopic (exact) mass is 207 g/mol. The van der Waals surface area contributed by atoms with Gasteiger partial charge in [-0.25, -0.2) is 0 Å². The second-order valence-corrected chi connectivity index (χ2v) is 4.05. The van der Waals surface area contributed by atoms with Gasteiger partial charge < -0.3 is 10.6 Å². The molecule has 1 rings (SSSR count). The smallest absolute Gasteiger partial charge is 0.0271 e. The van der Waals surface area contributed by atoms with Gasteiger partial charge in [0.25, 0.3) is 0 Å². The molecule has 1 aromatic rings. The van der Waals surface area contributed by atoms with Crippen LogP contribution in [0.25, 0.3) is 0 Å². The molecule has 3 heteroatoms. The molecule has 0 saturated carbocycles. The van der Waals surface area contributed by atoms with Crippen molar-refractivity contribution in [1.82, 2.24) is 9.88 Å². The van der Waals surface area contributed by atoms with Crippen LogP contribution in [-0.2, 0) is 6.54 Å². The molecule has 1 unspecified atom stereocenters. The first-order valence-electron chi connectivity index (χ1n) is 5.55. The van der Waals surface area contributed by atoms with Gasteiger partial charge in [-0.15, -0.1) is 0 Å². The fraction of sp³-hybridized carbons (Fsp3) is 0.583. The molecule has 1 atom stereocenters. The maximum atomic E-state index is 5.88. The minimum absolute atomic E-state index is 0.338. The predicted octanol–water partition coefficient (Wildman–Crippen LogP) is 1.64. The summed E-state index contributed by atoms with van der Waals surface area (Å²) in [6.07, 6.45) is 5.79. The highest BCUT2D eigenvalue weighted by atomic mass is 15.1. The van der Waals surface area contributed by atoms with E-state index in [1.165, 1.54) is 5.56 Å². The number of pyridine rings is 1. The zero-order valence-corrected chi connectivity index (χ0v) is 9.69. The lowest BCUT2D eigenvalue weighted by molar-refractivity contribution is 0.309. The van der Waals surface area contributed by atoms with E-state index in [4.69, 9.17) is 5.73 Å². The third-order valence-electron chi connectivity index (χ3n) is 2.61. The topological polar surface area (TPSA) is 42.1 Å². The van der Waals surface area contributed by atoms with Crippen molar-refractivity contribution in [3.8, 4) is 0 Å². The zero-order chi connectivity index (χ0) is 11.1. The van der Waals surface area contributed by atoms with Gasteiger partial charge >= 0.3 is 0 Å². The molecule has 0 radical (unpaired) electrons. The lowest BCUT2D eigenvalue weighted by Gasteiger charge is -2.18. The van der Waals surface area contributed by atoms with E-state index >= 15 is 0 Å². The Morgan fingerprint density at radius 2 is 2.07 bits per heavy atom. The van der Waals surface area contributed by atoms with Gasteiger partial charge in [-0.05, 0) is 44.1 Å². The Morgan fingerprint density at radius 1 is 1.40 bits per heavy atom. The highest BCUT2D eigenvalue weighted by Gasteiger charge is 2.03. The predicted molar refractivity (Wildman–Crippen MR) is 63.5 cm³/mol. The van der Waals surface area contributed by atoms with Crippen molar-refractivity contribution in [2.45, 2.75) is 32.4 Å². The highest BCUT2D eigenvalue weighted by Crippen LogP contribution is 2.03. The van der Waals surface area contributed by atoms with Gasteiger partial charge in [0, 0.05) is 25.0 Å². The van der Waals surface area contributed by atoms with Crippen LogP contribution >= 0.6 is 0 Å².